The third-order valence-electron chi connectivity index (χ3n) is 3.56. The Balaban J connectivity index is 1.84. The number of nitrogens with one attached hydrogen (secondary N) is 3. The van der Waals surface area contributed by atoms with Crippen LogP contribution in [0.1, 0.15) is 18.7 Å². The lowest BCUT2D eigenvalue weighted by Crippen LogP contribution is -2.52. The first-order valence-electron chi connectivity index (χ1n) is 6.50. The van der Waals surface area contributed by atoms with E-state index in [1.54, 1.807) is 12.4 Å². The van der Waals surface area contributed by atoms with Crippen LogP contribution >= 0.6 is 0 Å². The van der Waals surface area contributed by atoms with E-state index in [1.807, 2.05) is 0 Å². The Morgan fingerprint density at radius 3 is 2.85 bits per heavy atom. The molecule has 1 aromatic rings. The van der Waals surface area contributed by atoms with Gasteiger partial charge in [-0.05, 0) is 19.4 Å². The number of carbonyl (C=O) groups is 1. The predicted molar refractivity (Wildman–Crippen MR) is 65.9 cm³/mol. The van der Waals surface area contributed by atoms with Crippen molar-refractivity contribution in [1.82, 2.24) is 20.6 Å². The van der Waals surface area contributed by atoms with E-state index in [1.165, 1.54) is 0 Å². The number of aromatic amines is 1. The van der Waals surface area contributed by atoms with E-state index in [-0.39, 0.29) is 26.1 Å². The normalized spacial score (nSPS) is 22.9. The fourth-order valence-corrected chi connectivity index (χ4v) is 2.32. The molecule has 8 heteroatoms. The van der Waals surface area contributed by atoms with Crippen LogP contribution in [0.25, 0.3) is 0 Å². The summed E-state index contributed by atoms with van der Waals surface area (Å²) < 4.78 is 39.2. The molecule has 3 N–H and O–H groups in total. The first-order chi connectivity index (χ1) is 9.46. The number of H-pyrrole nitrogens is 1. The Morgan fingerprint density at radius 1 is 1.50 bits per heavy atom. The van der Waals surface area contributed by atoms with Crippen molar-refractivity contribution in [1.29, 1.82) is 0 Å². The summed E-state index contributed by atoms with van der Waals surface area (Å²) in [5, 5.41) is 5.01. The summed E-state index contributed by atoms with van der Waals surface area (Å²) in [4.78, 5) is 18.8. The van der Waals surface area contributed by atoms with Crippen LogP contribution < -0.4 is 10.6 Å². The maximum absolute atomic E-state index is 13.1. The van der Waals surface area contributed by atoms with Crippen LogP contribution in [0.3, 0.4) is 0 Å². The molecule has 1 unspecified atom stereocenters. The number of nitrogens with zero attached hydrogens (tertiary/aromatic N) is 1. The van der Waals surface area contributed by atoms with Gasteiger partial charge in [0, 0.05) is 31.9 Å². The highest BCUT2D eigenvalue weighted by Crippen LogP contribution is 2.43. The Bertz CT molecular complexity index is 438. The number of carbonyl (C=O) groups excluding carboxylic acids is 1. The second-order valence-electron chi connectivity index (χ2n) is 4.90. The van der Waals surface area contributed by atoms with Gasteiger partial charge in [-0.2, -0.15) is 13.2 Å². The minimum absolute atomic E-state index is 0.206. The number of alkyl halides is 3. The highest BCUT2D eigenvalue weighted by Gasteiger charge is 2.61. The van der Waals surface area contributed by atoms with Crippen molar-refractivity contribution >= 4 is 5.91 Å². The quantitative estimate of drug-likeness (QED) is 0.709. The van der Waals surface area contributed by atoms with E-state index in [2.05, 4.69) is 20.6 Å². The van der Waals surface area contributed by atoms with Crippen molar-refractivity contribution in [3.8, 4) is 0 Å². The molecular weight excluding hydrogens is 273 g/mol. The van der Waals surface area contributed by atoms with Gasteiger partial charge in [0.15, 0.2) is 5.41 Å². The zero-order chi connectivity index (χ0) is 14.6. The van der Waals surface area contributed by atoms with Gasteiger partial charge in [0.05, 0.1) is 0 Å². The number of amides is 1. The smallest absolute Gasteiger partial charge is 0.355 e. The highest BCUT2D eigenvalue weighted by atomic mass is 19.4. The van der Waals surface area contributed by atoms with Crippen LogP contribution in [0.4, 0.5) is 13.2 Å². The molecule has 0 saturated carbocycles. The second-order valence-corrected chi connectivity index (χ2v) is 4.90. The third-order valence-corrected chi connectivity index (χ3v) is 3.56. The van der Waals surface area contributed by atoms with Crippen molar-refractivity contribution in [2.24, 2.45) is 5.41 Å². The topological polar surface area (TPSA) is 69.8 Å². The maximum Gasteiger partial charge on any atom is 0.404 e. The van der Waals surface area contributed by atoms with Crippen molar-refractivity contribution in [2.75, 3.05) is 19.6 Å². The van der Waals surface area contributed by atoms with Crippen LogP contribution in [0, 0.1) is 5.41 Å². The average Bonchev–Trinajstić information content (AvgIpc) is 3.04. The average molecular weight is 290 g/mol. The molecule has 0 aliphatic carbocycles. The van der Waals surface area contributed by atoms with Crippen LogP contribution in [0.2, 0.25) is 0 Å². The number of hydrogen-bond acceptors (Lipinski definition) is 3. The van der Waals surface area contributed by atoms with Crippen LogP contribution in [-0.2, 0) is 11.2 Å². The van der Waals surface area contributed by atoms with Crippen LogP contribution in [0.5, 0.6) is 0 Å². The lowest BCUT2D eigenvalue weighted by atomic mass is 9.85. The molecule has 1 saturated heterocycles. The third kappa shape index (κ3) is 2.95. The lowest BCUT2D eigenvalue weighted by molar-refractivity contribution is -0.216. The van der Waals surface area contributed by atoms with E-state index < -0.39 is 17.5 Å². The number of halogens is 3. The SMILES string of the molecule is O=C(NCCCc1ncc[nH]1)C1(C(F)(F)F)CCNC1. The van der Waals surface area contributed by atoms with E-state index in [4.69, 9.17) is 0 Å². The van der Waals surface area contributed by atoms with Gasteiger partial charge < -0.3 is 15.6 Å². The fourth-order valence-electron chi connectivity index (χ4n) is 2.32. The Kier molecular flexibility index (Phi) is 4.32. The number of hydrogen-bond donors (Lipinski definition) is 3. The largest absolute Gasteiger partial charge is 0.404 e. The summed E-state index contributed by atoms with van der Waals surface area (Å²) in [5.41, 5.74) is -2.28. The standard InChI is InChI=1S/C12H17F3N4O/c13-12(14,15)11(3-5-16-8-11)10(20)19-4-1-2-9-17-6-7-18-9/h6-7,16H,1-5,8H2,(H,17,18)(H,19,20). The Labute approximate surface area is 114 Å². The maximum atomic E-state index is 13.1. The van der Waals surface area contributed by atoms with Gasteiger partial charge in [-0.15, -0.1) is 0 Å². The van der Waals surface area contributed by atoms with Gasteiger partial charge in [0.2, 0.25) is 5.91 Å². The van der Waals surface area contributed by atoms with Crippen molar-refractivity contribution in [3.05, 3.63) is 18.2 Å². The van der Waals surface area contributed by atoms with Gasteiger partial charge in [0.25, 0.3) is 0 Å². The highest BCUT2D eigenvalue weighted by molar-refractivity contribution is 5.84. The molecule has 0 radical (unpaired) electrons. The van der Waals surface area contributed by atoms with Crippen molar-refractivity contribution in [3.63, 3.8) is 0 Å². The molecule has 0 aromatic carbocycles. The van der Waals surface area contributed by atoms with Gasteiger partial charge in [-0.3, -0.25) is 4.79 Å². The molecule has 1 aromatic heterocycles. The van der Waals surface area contributed by atoms with Crippen molar-refractivity contribution < 1.29 is 18.0 Å². The second kappa shape index (κ2) is 5.82. The molecule has 2 rings (SSSR count). The molecule has 1 fully saturated rings. The minimum atomic E-state index is -4.53. The molecule has 0 bridgehead atoms. The molecule has 1 amide bonds. The van der Waals surface area contributed by atoms with Gasteiger partial charge in [-0.1, -0.05) is 0 Å². The van der Waals surface area contributed by atoms with E-state index in [0.717, 1.165) is 5.82 Å². The predicted octanol–water partition coefficient (Wildman–Crippen LogP) is 1.00. The fraction of sp³-hybridized carbons (Fsp3) is 0.667. The summed E-state index contributed by atoms with van der Waals surface area (Å²) in [6, 6.07) is 0. The monoisotopic (exact) mass is 290 g/mol. The number of aryl methyl sites for hydroxylation is 1. The summed E-state index contributed by atoms with van der Waals surface area (Å²) in [5.74, 6) is -0.179. The molecule has 0 spiro atoms. The molecule has 1 aliphatic heterocycles. The van der Waals surface area contributed by atoms with Crippen LogP contribution in [0.15, 0.2) is 12.4 Å². The molecule has 1 aliphatic rings. The Morgan fingerprint density at radius 2 is 2.30 bits per heavy atom. The summed E-state index contributed by atoms with van der Waals surface area (Å²) in [6.07, 6.45) is -0.319. The Hall–Kier alpha value is -1.57. The summed E-state index contributed by atoms with van der Waals surface area (Å²) >= 11 is 0. The first kappa shape index (κ1) is 14.8. The first-order valence-corrected chi connectivity index (χ1v) is 6.50. The lowest BCUT2D eigenvalue weighted by Gasteiger charge is -2.29. The van der Waals surface area contributed by atoms with Crippen molar-refractivity contribution in [2.45, 2.75) is 25.4 Å². The summed E-state index contributed by atoms with van der Waals surface area (Å²) in [6.45, 7) is 0.0667. The van der Waals surface area contributed by atoms with E-state index in [0.29, 0.717) is 12.8 Å². The molecular formula is C12H17F3N4O. The van der Waals surface area contributed by atoms with Crippen LogP contribution in [-0.4, -0.2) is 41.7 Å². The van der Waals surface area contributed by atoms with Gasteiger partial charge in [-0.25, -0.2) is 4.98 Å². The molecule has 112 valence electrons. The number of aromatic nitrogens is 2. The zero-order valence-corrected chi connectivity index (χ0v) is 10.9. The minimum Gasteiger partial charge on any atom is -0.355 e. The molecule has 5 nitrogen and oxygen atoms in total. The summed E-state index contributed by atoms with van der Waals surface area (Å²) in [7, 11) is 0. The van der Waals surface area contributed by atoms with E-state index in [9.17, 15) is 18.0 Å². The van der Waals surface area contributed by atoms with Gasteiger partial charge >= 0.3 is 6.18 Å². The van der Waals surface area contributed by atoms with Gasteiger partial charge in [0.1, 0.15) is 5.82 Å². The number of rotatable bonds is 5. The molecule has 2 heterocycles. The van der Waals surface area contributed by atoms with E-state index >= 15 is 0 Å². The number of imidazole rings is 1. The zero-order valence-electron chi connectivity index (χ0n) is 10.9. The molecule has 20 heavy (non-hydrogen) atoms. The molecule has 1 atom stereocenters.